The molecule has 7 nitrogen and oxygen atoms in total. The molecule has 0 saturated heterocycles. The summed E-state index contributed by atoms with van der Waals surface area (Å²) in [6.45, 7) is 5.25. The van der Waals surface area contributed by atoms with E-state index in [0.29, 0.717) is 0 Å². The lowest BCUT2D eigenvalue weighted by Crippen LogP contribution is -2.47. The van der Waals surface area contributed by atoms with Gasteiger partial charge >= 0.3 is 0 Å². The van der Waals surface area contributed by atoms with Crippen molar-refractivity contribution in [3.05, 3.63) is 59.9 Å². The summed E-state index contributed by atoms with van der Waals surface area (Å²) in [7, 11) is -3.98. The molecule has 162 valence electrons. The van der Waals surface area contributed by atoms with E-state index in [1.54, 1.807) is 31.2 Å². The highest BCUT2D eigenvalue weighted by molar-refractivity contribution is 7.92. The third-order valence-corrected chi connectivity index (χ3v) is 5.43. The van der Waals surface area contributed by atoms with Gasteiger partial charge in [-0.15, -0.1) is 0 Å². The van der Waals surface area contributed by atoms with Gasteiger partial charge in [0.15, 0.2) is 0 Å². The van der Waals surface area contributed by atoms with Crippen molar-refractivity contribution < 1.29 is 22.4 Å². The molecule has 0 bridgehead atoms. The maximum Gasteiger partial charge on any atom is 0.253 e. The van der Waals surface area contributed by atoms with Crippen molar-refractivity contribution in [2.75, 3.05) is 15.9 Å². The molecule has 9 heteroatoms. The summed E-state index contributed by atoms with van der Waals surface area (Å²) in [5.41, 5.74) is 0.264. The Morgan fingerprint density at radius 2 is 1.67 bits per heavy atom. The Balaban J connectivity index is 2.41. The fraction of sp³-hybridized carbons (Fsp3) is 0.333. The number of sulfonamides is 1. The number of carbonyl (C=O) groups excluding carboxylic acids is 2. The molecular weight excluding hydrogens is 409 g/mol. The van der Waals surface area contributed by atoms with Crippen LogP contribution in [0, 0.1) is 5.82 Å². The van der Waals surface area contributed by atoms with Gasteiger partial charge in [0.2, 0.25) is 15.9 Å². The maximum absolute atomic E-state index is 14.4. The average Bonchev–Trinajstić information content (AvgIpc) is 2.65. The summed E-state index contributed by atoms with van der Waals surface area (Å²) in [6.07, 6.45) is 1.01. The summed E-state index contributed by atoms with van der Waals surface area (Å²) in [5, 5.41) is 5.38. The zero-order valence-electron chi connectivity index (χ0n) is 17.3. The zero-order valence-corrected chi connectivity index (χ0v) is 18.2. The first-order valence-corrected chi connectivity index (χ1v) is 11.4. The topological polar surface area (TPSA) is 95.6 Å². The van der Waals surface area contributed by atoms with Crippen molar-refractivity contribution in [3.8, 4) is 0 Å². The van der Waals surface area contributed by atoms with E-state index in [9.17, 15) is 22.4 Å². The molecule has 0 heterocycles. The number of halogens is 1. The van der Waals surface area contributed by atoms with Crippen LogP contribution in [0.25, 0.3) is 0 Å². The SMILES string of the molecule is CCC(C(=O)Nc1ccccc1C(=O)NC(C)C)N(c1ccccc1F)S(C)(=O)=O. The maximum atomic E-state index is 14.4. The van der Waals surface area contributed by atoms with Crippen LogP contribution in [0.5, 0.6) is 0 Å². The Morgan fingerprint density at radius 1 is 1.07 bits per heavy atom. The van der Waals surface area contributed by atoms with Crippen LogP contribution in [0.4, 0.5) is 15.8 Å². The van der Waals surface area contributed by atoms with Gasteiger partial charge in [0.1, 0.15) is 11.9 Å². The van der Waals surface area contributed by atoms with Gasteiger partial charge in [0.05, 0.1) is 23.2 Å². The molecule has 2 aromatic carbocycles. The molecule has 0 radical (unpaired) electrons. The highest BCUT2D eigenvalue weighted by Crippen LogP contribution is 2.26. The lowest BCUT2D eigenvalue weighted by Gasteiger charge is -2.30. The molecule has 2 N–H and O–H groups in total. The number of amides is 2. The van der Waals surface area contributed by atoms with Crippen LogP contribution in [-0.4, -0.2) is 38.6 Å². The molecule has 0 saturated carbocycles. The second-order valence-electron chi connectivity index (χ2n) is 7.10. The fourth-order valence-corrected chi connectivity index (χ4v) is 4.22. The molecule has 0 spiro atoms. The largest absolute Gasteiger partial charge is 0.350 e. The van der Waals surface area contributed by atoms with E-state index in [2.05, 4.69) is 10.6 Å². The standard InChI is InChI=1S/C21H26FN3O4S/c1-5-18(25(30(4,28)29)19-13-9-7-11-16(19)22)21(27)24-17-12-8-6-10-15(17)20(26)23-14(2)3/h6-14,18H,5H2,1-4H3,(H,23,26)(H,24,27). The number of anilines is 2. The van der Waals surface area contributed by atoms with Crippen LogP contribution in [0.3, 0.4) is 0 Å². The number of hydrogen-bond acceptors (Lipinski definition) is 4. The minimum absolute atomic E-state index is 0.0909. The minimum atomic E-state index is -3.98. The first-order valence-electron chi connectivity index (χ1n) is 9.51. The van der Waals surface area contributed by atoms with Crippen molar-refractivity contribution in [1.82, 2.24) is 5.32 Å². The van der Waals surface area contributed by atoms with E-state index >= 15 is 0 Å². The van der Waals surface area contributed by atoms with Crippen LogP contribution in [0.15, 0.2) is 48.5 Å². The summed E-state index contributed by atoms with van der Waals surface area (Å²) < 4.78 is 40.0. The summed E-state index contributed by atoms with van der Waals surface area (Å²) in [5.74, 6) is -1.80. The van der Waals surface area contributed by atoms with E-state index in [1.807, 2.05) is 13.8 Å². The molecule has 0 aliphatic carbocycles. The second-order valence-corrected chi connectivity index (χ2v) is 8.96. The average molecular weight is 436 g/mol. The number of para-hydroxylation sites is 2. The zero-order chi connectivity index (χ0) is 22.5. The van der Waals surface area contributed by atoms with Crippen LogP contribution in [0.2, 0.25) is 0 Å². The van der Waals surface area contributed by atoms with Gasteiger partial charge in [0.25, 0.3) is 5.91 Å². The first-order chi connectivity index (χ1) is 14.1. The van der Waals surface area contributed by atoms with Crippen molar-refractivity contribution in [1.29, 1.82) is 0 Å². The molecule has 0 aliphatic rings. The number of carbonyl (C=O) groups is 2. The third-order valence-electron chi connectivity index (χ3n) is 4.27. The Hall–Kier alpha value is -2.94. The summed E-state index contributed by atoms with van der Waals surface area (Å²) in [4.78, 5) is 25.5. The van der Waals surface area contributed by atoms with Gasteiger partial charge in [0, 0.05) is 6.04 Å². The number of hydrogen-bond donors (Lipinski definition) is 2. The molecule has 1 unspecified atom stereocenters. The van der Waals surface area contributed by atoms with Gasteiger partial charge < -0.3 is 10.6 Å². The van der Waals surface area contributed by atoms with Crippen LogP contribution in [-0.2, 0) is 14.8 Å². The van der Waals surface area contributed by atoms with Gasteiger partial charge in [-0.3, -0.25) is 13.9 Å². The van der Waals surface area contributed by atoms with Gasteiger partial charge in [-0.05, 0) is 44.5 Å². The van der Waals surface area contributed by atoms with E-state index in [1.165, 1.54) is 18.2 Å². The lowest BCUT2D eigenvalue weighted by atomic mass is 10.1. The van der Waals surface area contributed by atoms with E-state index in [-0.39, 0.29) is 35.3 Å². The quantitative estimate of drug-likeness (QED) is 0.666. The van der Waals surface area contributed by atoms with Gasteiger partial charge in [-0.2, -0.15) is 0 Å². The Bertz CT molecular complexity index is 1020. The molecule has 1 atom stereocenters. The normalized spacial score (nSPS) is 12.3. The van der Waals surface area contributed by atoms with E-state index in [4.69, 9.17) is 0 Å². The van der Waals surface area contributed by atoms with E-state index in [0.717, 1.165) is 16.6 Å². The molecule has 30 heavy (non-hydrogen) atoms. The molecule has 0 aromatic heterocycles. The minimum Gasteiger partial charge on any atom is -0.350 e. The molecular formula is C21H26FN3O4S. The second kappa shape index (κ2) is 9.71. The predicted octanol–water partition coefficient (Wildman–Crippen LogP) is 3.15. The Morgan fingerprint density at radius 3 is 2.23 bits per heavy atom. The van der Waals surface area contributed by atoms with Gasteiger partial charge in [-0.1, -0.05) is 31.2 Å². The number of benzene rings is 2. The lowest BCUT2D eigenvalue weighted by molar-refractivity contribution is -0.117. The molecule has 2 aromatic rings. The first kappa shape index (κ1) is 23.3. The number of nitrogens with zero attached hydrogens (tertiary/aromatic N) is 1. The van der Waals surface area contributed by atoms with Crippen molar-refractivity contribution >= 4 is 33.2 Å². The van der Waals surface area contributed by atoms with Crippen LogP contribution in [0.1, 0.15) is 37.6 Å². The summed E-state index contributed by atoms with van der Waals surface area (Å²) >= 11 is 0. The van der Waals surface area contributed by atoms with Gasteiger partial charge in [-0.25, -0.2) is 12.8 Å². The Labute approximate surface area is 176 Å². The van der Waals surface area contributed by atoms with Crippen LogP contribution >= 0.6 is 0 Å². The fourth-order valence-electron chi connectivity index (χ4n) is 3.01. The number of rotatable bonds is 8. The highest BCUT2D eigenvalue weighted by atomic mass is 32.2. The molecule has 2 rings (SSSR count). The third kappa shape index (κ3) is 5.56. The van der Waals surface area contributed by atoms with Crippen molar-refractivity contribution in [2.24, 2.45) is 0 Å². The smallest absolute Gasteiger partial charge is 0.253 e. The van der Waals surface area contributed by atoms with Crippen molar-refractivity contribution in [3.63, 3.8) is 0 Å². The summed E-state index contributed by atoms with van der Waals surface area (Å²) in [6, 6.07) is 10.5. The molecule has 0 aliphatic heterocycles. The predicted molar refractivity (Wildman–Crippen MR) is 115 cm³/mol. The monoisotopic (exact) mass is 435 g/mol. The Kier molecular flexibility index (Phi) is 7.55. The van der Waals surface area contributed by atoms with E-state index < -0.39 is 27.8 Å². The highest BCUT2D eigenvalue weighted by Gasteiger charge is 2.33. The molecule has 0 fully saturated rings. The number of nitrogens with one attached hydrogen (secondary N) is 2. The van der Waals surface area contributed by atoms with Crippen LogP contribution < -0.4 is 14.9 Å². The molecule has 2 amide bonds. The van der Waals surface area contributed by atoms with Crippen molar-refractivity contribution in [2.45, 2.75) is 39.3 Å².